The molecule has 20 heavy (non-hydrogen) atoms. The summed E-state index contributed by atoms with van der Waals surface area (Å²) in [7, 11) is 10.7. The van der Waals surface area contributed by atoms with E-state index in [-0.39, 0.29) is 5.88 Å². The smallest absolute Gasteiger partial charge is 0.396 e. The molecule has 0 bridgehead atoms. The molecule has 1 aliphatic carbocycles. The molecule has 0 aromatic carbocycles. The van der Waals surface area contributed by atoms with Gasteiger partial charge in [0.2, 0.25) is 5.88 Å². The second-order valence-electron chi connectivity index (χ2n) is 4.98. The minimum atomic E-state index is -4.78. The van der Waals surface area contributed by atoms with Crippen molar-refractivity contribution in [3.05, 3.63) is 12.3 Å². The van der Waals surface area contributed by atoms with E-state index in [2.05, 4.69) is 10.2 Å². The van der Waals surface area contributed by atoms with Crippen LogP contribution in [0.3, 0.4) is 0 Å². The number of rotatable bonds is 5. The highest BCUT2D eigenvalue weighted by atomic mass is 19.4. The molecular weight excluding hydrogens is 275 g/mol. The average Bonchev–Trinajstić information content (AvgIpc) is 2.99. The molecule has 2 atom stereocenters. The van der Waals surface area contributed by atoms with Gasteiger partial charge in [0.25, 0.3) is 0 Å². The van der Waals surface area contributed by atoms with Gasteiger partial charge in [0, 0.05) is 6.07 Å². The molecule has 106 valence electrons. The van der Waals surface area contributed by atoms with Crippen LogP contribution in [0.4, 0.5) is 13.2 Å². The van der Waals surface area contributed by atoms with Crippen LogP contribution in [0.2, 0.25) is 0 Å². The molecule has 0 saturated heterocycles. The van der Waals surface area contributed by atoms with Gasteiger partial charge < -0.3 is 14.9 Å². The lowest BCUT2D eigenvalue weighted by Crippen LogP contribution is -2.66. The van der Waals surface area contributed by atoms with Gasteiger partial charge in [0.05, 0.1) is 22.6 Å². The van der Waals surface area contributed by atoms with Crippen LogP contribution < -0.4 is 4.74 Å². The van der Waals surface area contributed by atoms with E-state index < -0.39 is 42.0 Å². The molecule has 1 fully saturated rings. The molecule has 0 aliphatic heterocycles. The van der Waals surface area contributed by atoms with E-state index in [0.717, 1.165) is 0 Å². The number of ether oxygens (including phenoxy) is 1. The summed E-state index contributed by atoms with van der Waals surface area (Å²) in [5.74, 6) is 0.0709. The van der Waals surface area contributed by atoms with E-state index >= 15 is 0 Å². The number of aromatic nitrogens is 2. The average molecular weight is 286 g/mol. The molecule has 0 amide bonds. The highest BCUT2D eigenvalue weighted by Gasteiger charge is 2.75. The molecule has 10 heteroatoms. The molecule has 2 unspecified atom stereocenters. The molecule has 1 aromatic rings. The van der Waals surface area contributed by atoms with Gasteiger partial charge in [-0.25, -0.2) is 5.10 Å². The van der Waals surface area contributed by atoms with Crippen molar-refractivity contribution >= 4 is 15.7 Å². The Balaban J connectivity index is 2.15. The monoisotopic (exact) mass is 286 g/mol. The van der Waals surface area contributed by atoms with Gasteiger partial charge in [-0.15, -0.1) is 0 Å². The predicted molar refractivity (Wildman–Crippen MR) is 63.2 cm³/mol. The summed E-state index contributed by atoms with van der Waals surface area (Å²) in [6, 6.07) is 1.36. The fourth-order valence-electron chi connectivity index (χ4n) is 2.04. The summed E-state index contributed by atoms with van der Waals surface area (Å²) < 4.78 is 43.8. The van der Waals surface area contributed by atoms with Crippen LogP contribution in [-0.4, -0.2) is 59.9 Å². The van der Waals surface area contributed by atoms with Crippen molar-refractivity contribution in [2.75, 3.05) is 6.61 Å². The fourth-order valence-corrected chi connectivity index (χ4v) is 2.04. The molecular formula is C10H11B2F3N2O3. The van der Waals surface area contributed by atoms with Gasteiger partial charge in [-0.05, 0) is 12.8 Å². The Bertz CT molecular complexity index is 473. The molecule has 4 radical (unpaired) electrons. The van der Waals surface area contributed by atoms with Gasteiger partial charge in [-0.3, -0.25) is 0 Å². The van der Waals surface area contributed by atoms with Crippen LogP contribution >= 0.6 is 0 Å². The lowest BCUT2D eigenvalue weighted by molar-refractivity contribution is -0.248. The van der Waals surface area contributed by atoms with Gasteiger partial charge in [-0.2, -0.15) is 18.3 Å². The van der Waals surface area contributed by atoms with Crippen molar-refractivity contribution in [3.63, 3.8) is 0 Å². The molecule has 1 saturated carbocycles. The summed E-state index contributed by atoms with van der Waals surface area (Å²) in [6.45, 7) is -0.833. The van der Waals surface area contributed by atoms with Gasteiger partial charge >= 0.3 is 6.18 Å². The third-order valence-corrected chi connectivity index (χ3v) is 3.61. The van der Waals surface area contributed by atoms with Crippen LogP contribution in [0, 0.1) is 5.41 Å². The zero-order valence-electron chi connectivity index (χ0n) is 10.3. The minimum Gasteiger partial charge on any atom is -0.476 e. The quantitative estimate of drug-likeness (QED) is 0.657. The SMILES string of the molecule is [B]C(O)(COc1ccn[nH]1)C([B])(O)C1(C(F)(F)F)CC1. The second kappa shape index (κ2) is 4.42. The van der Waals surface area contributed by atoms with Crippen LogP contribution in [0.25, 0.3) is 0 Å². The normalized spacial score (nSPS) is 23.6. The van der Waals surface area contributed by atoms with E-state index in [1.807, 2.05) is 0 Å². The topological polar surface area (TPSA) is 78.4 Å². The molecule has 2 rings (SSSR count). The largest absolute Gasteiger partial charge is 0.476 e. The molecule has 0 spiro atoms. The Kier molecular flexibility index (Phi) is 3.37. The van der Waals surface area contributed by atoms with E-state index in [1.54, 1.807) is 0 Å². The number of hydrogen-bond acceptors (Lipinski definition) is 4. The first-order valence-electron chi connectivity index (χ1n) is 5.75. The molecule has 1 aromatic heterocycles. The first kappa shape index (κ1) is 15.2. The van der Waals surface area contributed by atoms with Crippen molar-refractivity contribution in [2.45, 2.75) is 30.0 Å². The Hall–Kier alpha value is -1.15. The Labute approximate surface area is 115 Å². The number of alkyl halides is 3. The zero-order valence-corrected chi connectivity index (χ0v) is 10.3. The number of halogens is 3. The summed E-state index contributed by atoms with van der Waals surface area (Å²) in [5.41, 5.74) is -8.48. The highest BCUT2D eigenvalue weighted by molar-refractivity contribution is 6.26. The predicted octanol–water partition coefficient (Wildman–Crippen LogP) is -0.155. The van der Waals surface area contributed by atoms with Crippen LogP contribution in [0.5, 0.6) is 5.88 Å². The number of hydrogen-bond donors (Lipinski definition) is 3. The summed E-state index contributed by atoms with van der Waals surface area (Å²) in [5, 5.41) is 25.8. The van der Waals surface area contributed by atoms with Crippen LogP contribution in [0.1, 0.15) is 12.8 Å². The second-order valence-corrected chi connectivity index (χ2v) is 4.98. The first-order valence-corrected chi connectivity index (χ1v) is 5.75. The zero-order chi connectivity index (χ0) is 15.2. The third-order valence-electron chi connectivity index (χ3n) is 3.61. The molecule has 3 N–H and O–H groups in total. The minimum absolute atomic E-state index is 0.0709. The third kappa shape index (κ3) is 2.20. The van der Waals surface area contributed by atoms with E-state index in [9.17, 15) is 23.4 Å². The first-order chi connectivity index (χ1) is 9.04. The number of aromatic amines is 1. The van der Waals surface area contributed by atoms with Gasteiger partial charge in [0.1, 0.15) is 22.3 Å². The maximum Gasteiger partial charge on any atom is 0.396 e. The standard InChI is InChI=1S/C10H11B2F3N2O3/c11-8(18,5-20-6-1-4-16-17-6)9(12,19)7(2-3-7)10(13,14)15/h1,4,18-19H,2-3,5H2,(H,16,17). The summed E-state index contributed by atoms with van der Waals surface area (Å²) in [4.78, 5) is 0. The van der Waals surface area contributed by atoms with Crippen LogP contribution in [-0.2, 0) is 0 Å². The van der Waals surface area contributed by atoms with E-state index in [0.29, 0.717) is 0 Å². The van der Waals surface area contributed by atoms with Gasteiger partial charge in [-0.1, -0.05) is 0 Å². The fraction of sp³-hybridized carbons (Fsp3) is 0.700. The number of nitrogens with zero attached hydrogens (tertiary/aromatic N) is 1. The van der Waals surface area contributed by atoms with Crippen LogP contribution in [0.15, 0.2) is 12.3 Å². The van der Waals surface area contributed by atoms with Crippen molar-refractivity contribution in [1.29, 1.82) is 0 Å². The van der Waals surface area contributed by atoms with Crippen molar-refractivity contribution in [3.8, 4) is 5.88 Å². The maximum atomic E-state index is 13.0. The number of H-pyrrole nitrogens is 1. The Morgan fingerprint density at radius 1 is 1.35 bits per heavy atom. The lowest BCUT2D eigenvalue weighted by atomic mass is 9.52. The summed E-state index contributed by atoms with van der Waals surface area (Å²) in [6.07, 6.45) is -4.27. The van der Waals surface area contributed by atoms with Gasteiger partial charge in [0.15, 0.2) is 0 Å². The molecule has 5 nitrogen and oxygen atoms in total. The van der Waals surface area contributed by atoms with E-state index in [1.165, 1.54) is 12.3 Å². The molecule has 1 heterocycles. The Morgan fingerprint density at radius 2 is 1.95 bits per heavy atom. The van der Waals surface area contributed by atoms with Crippen molar-refractivity contribution in [1.82, 2.24) is 10.2 Å². The highest BCUT2D eigenvalue weighted by Crippen LogP contribution is 2.64. The maximum absolute atomic E-state index is 13.0. The number of aliphatic hydroxyl groups is 2. The van der Waals surface area contributed by atoms with Crippen molar-refractivity contribution in [2.24, 2.45) is 5.41 Å². The van der Waals surface area contributed by atoms with Crippen molar-refractivity contribution < 1.29 is 28.1 Å². The lowest BCUT2D eigenvalue weighted by Gasteiger charge is -2.46. The Morgan fingerprint density at radius 3 is 2.35 bits per heavy atom. The molecule has 1 aliphatic rings. The number of nitrogens with one attached hydrogen (secondary N) is 1. The summed E-state index contributed by atoms with van der Waals surface area (Å²) >= 11 is 0. The van der Waals surface area contributed by atoms with E-state index in [4.69, 9.17) is 20.4 Å².